The molecule has 0 nitrogen and oxygen atoms in total. The molecule has 0 atom stereocenters. The van der Waals surface area contributed by atoms with E-state index in [2.05, 4.69) is 66.2 Å². The van der Waals surface area contributed by atoms with Gasteiger partial charge in [0.2, 0.25) is 0 Å². The summed E-state index contributed by atoms with van der Waals surface area (Å²) in [6.07, 6.45) is 12.6. The number of rotatable bonds is 4. The van der Waals surface area contributed by atoms with Gasteiger partial charge in [0.25, 0.3) is 0 Å². The average Bonchev–Trinajstić information content (AvgIpc) is 2.39. The highest BCUT2D eigenvalue weighted by molar-refractivity contribution is 4.77. The van der Waals surface area contributed by atoms with Crippen LogP contribution in [0.25, 0.3) is 0 Å². The maximum atomic E-state index is 3.48. The van der Waals surface area contributed by atoms with Crippen molar-refractivity contribution < 1.29 is 0 Å². The van der Waals surface area contributed by atoms with Crippen molar-refractivity contribution in [3.05, 3.63) is 50.6 Å². The average molecular weight is 257 g/mol. The van der Waals surface area contributed by atoms with E-state index in [1.807, 2.05) is 12.2 Å². The number of hydrogen-bond donors (Lipinski definition) is 0. The van der Waals surface area contributed by atoms with E-state index in [1.165, 1.54) is 12.8 Å². The maximum absolute atomic E-state index is 3.48. The van der Waals surface area contributed by atoms with E-state index in [1.54, 1.807) is 0 Å². The van der Waals surface area contributed by atoms with Gasteiger partial charge in [-0.1, -0.05) is 66.9 Å². The molecule has 0 bridgehead atoms. The molecule has 0 aromatic rings. The summed E-state index contributed by atoms with van der Waals surface area (Å²) in [5, 5.41) is 0. The van der Waals surface area contributed by atoms with Crippen LogP contribution in [0.1, 0.15) is 68.2 Å². The molecule has 0 aliphatic carbocycles. The molecule has 0 aliphatic rings. The summed E-state index contributed by atoms with van der Waals surface area (Å²) in [6.45, 7) is 21.4. The van der Waals surface area contributed by atoms with Crippen molar-refractivity contribution in [2.75, 3.05) is 0 Å². The Kier molecular flexibility index (Phi) is 147. The molecule has 0 N–H and O–H groups in total. The fraction of sp³-hybridized carbons (Fsp3) is 0.556. The van der Waals surface area contributed by atoms with Gasteiger partial charge in [0.1, 0.15) is 0 Å². The van der Waals surface area contributed by atoms with E-state index < -0.39 is 0 Å². The molecular formula is C18H40. The molecule has 0 aromatic carbocycles. The summed E-state index contributed by atoms with van der Waals surface area (Å²) in [4.78, 5) is 0. The maximum Gasteiger partial charge on any atom is -0.0379 e. The van der Waals surface area contributed by atoms with Gasteiger partial charge in [0.15, 0.2) is 0 Å². The molecule has 0 rings (SSSR count). The topological polar surface area (TPSA) is 0 Å². The Balaban J connectivity index is -0.0000000272. The normalized spacial score (nSPS) is 6.44. The van der Waals surface area contributed by atoms with Gasteiger partial charge in [0.05, 0.1) is 0 Å². The van der Waals surface area contributed by atoms with Crippen molar-refractivity contribution in [1.82, 2.24) is 0 Å². The predicted molar refractivity (Wildman–Crippen MR) is 95.4 cm³/mol. The van der Waals surface area contributed by atoms with Gasteiger partial charge in [-0.05, 0) is 25.7 Å². The molecule has 0 aromatic heterocycles. The highest BCUT2D eigenvalue weighted by Gasteiger charge is 1.60. The van der Waals surface area contributed by atoms with Gasteiger partial charge in [-0.3, -0.25) is 0 Å². The van der Waals surface area contributed by atoms with Gasteiger partial charge in [-0.15, -0.1) is 26.3 Å². The van der Waals surface area contributed by atoms with Crippen LogP contribution in [0.15, 0.2) is 50.6 Å². The van der Waals surface area contributed by atoms with E-state index >= 15 is 0 Å². The second-order valence-corrected chi connectivity index (χ2v) is 2.68. The Labute approximate surface area is 119 Å². The van der Waals surface area contributed by atoms with Crippen molar-refractivity contribution in [2.24, 2.45) is 0 Å². The molecule has 18 heavy (non-hydrogen) atoms. The van der Waals surface area contributed by atoms with Gasteiger partial charge >= 0.3 is 0 Å². The third-order valence-electron chi connectivity index (χ3n) is 1.22. The van der Waals surface area contributed by atoms with Crippen LogP contribution in [0.2, 0.25) is 0 Å². The number of allylic oxidation sites excluding steroid dienone is 4. The van der Waals surface area contributed by atoms with E-state index in [-0.39, 0.29) is 14.9 Å². The highest BCUT2D eigenvalue weighted by Crippen LogP contribution is 1.81. The largest absolute Gasteiger partial charge is 0.106 e. The van der Waals surface area contributed by atoms with E-state index in [9.17, 15) is 0 Å². The molecule has 0 heteroatoms. The minimum Gasteiger partial charge on any atom is -0.106 e. The summed E-state index contributed by atoms with van der Waals surface area (Å²) in [5.41, 5.74) is 0. The lowest BCUT2D eigenvalue weighted by atomic mass is 10.4. The Morgan fingerprint density at radius 1 is 0.611 bits per heavy atom. The lowest BCUT2D eigenvalue weighted by Crippen LogP contribution is -1.51. The summed E-state index contributed by atoms with van der Waals surface area (Å²) < 4.78 is 0. The van der Waals surface area contributed by atoms with Crippen LogP contribution in [0.3, 0.4) is 0 Å². The zero-order chi connectivity index (χ0) is 13.7. The summed E-state index contributed by atoms with van der Waals surface area (Å²) in [5.74, 6) is 0. The molecule has 112 valence electrons. The molecular weight excluding hydrogens is 216 g/mol. The van der Waals surface area contributed by atoms with Crippen molar-refractivity contribution in [3.63, 3.8) is 0 Å². The first-order chi connectivity index (χ1) is 7.74. The smallest absolute Gasteiger partial charge is 0.0379 e. The van der Waals surface area contributed by atoms with E-state index in [0.29, 0.717) is 0 Å². The summed E-state index contributed by atoms with van der Waals surface area (Å²) in [7, 11) is 0. The SMILES string of the molecule is C.C.C=C.C=CCC.C=CCC.CC/C=C\CC. The van der Waals surface area contributed by atoms with Crippen molar-refractivity contribution >= 4 is 0 Å². The van der Waals surface area contributed by atoms with Crippen LogP contribution < -0.4 is 0 Å². The van der Waals surface area contributed by atoms with Gasteiger partial charge in [0, 0.05) is 0 Å². The fourth-order valence-electron chi connectivity index (χ4n) is 0.333. The lowest BCUT2D eigenvalue weighted by molar-refractivity contribution is 1.16. The first-order valence-corrected chi connectivity index (χ1v) is 6.11. The Bertz CT molecular complexity index is 106. The summed E-state index contributed by atoms with van der Waals surface area (Å²) >= 11 is 0. The second-order valence-electron chi connectivity index (χ2n) is 2.68. The third kappa shape index (κ3) is 186. The zero-order valence-electron chi connectivity index (χ0n) is 12.0. The minimum atomic E-state index is 0. The van der Waals surface area contributed by atoms with Crippen LogP contribution in [0.4, 0.5) is 0 Å². The fourth-order valence-corrected chi connectivity index (χ4v) is 0.333. The third-order valence-corrected chi connectivity index (χ3v) is 1.22. The van der Waals surface area contributed by atoms with E-state index in [0.717, 1.165) is 12.8 Å². The Hall–Kier alpha value is -1.04. The molecule has 0 saturated carbocycles. The number of hydrogen-bond acceptors (Lipinski definition) is 0. The zero-order valence-corrected chi connectivity index (χ0v) is 12.0. The molecule has 0 radical (unpaired) electrons. The van der Waals surface area contributed by atoms with Gasteiger partial charge in [-0.25, -0.2) is 0 Å². The second kappa shape index (κ2) is 73.7. The molecule has 0 spiro atoms. The highest BCUT2D eigenvalue weighted by atomic mass is 13.7. The molecule has 0 amide bonds. The van der Waals surface area contributed by atoms with Crippen LogP contribution in [-0.2, 0) is 0 Å². The van der Waals surface area contributed by atoms with Crippen LogP contribution in [0, 0.1) is 0 Å². The molecule has 0 heterocycles. The van der Waals surface area contributed by atoms with Crippen molar-refractivity contribution in [1.29, 1.82) is 0 Å². The standard InChI is InChI=1S/C6H12.2C4H8.C2H4.2CH4/c1-3-5-6-4-2;2*1-3-4-2;1-2;;/h5-6H,3-4H2,1-2H3;2*3H,1,4H2,2H3;1-2H2;2*1H4/b6-5-;;;;;. The van der Waals surface area contributed by atoms with E-state index in [4.69, 9.17) is 0 Å². The van der Waals surface area contributed by atoms with Crippen LogP contribution in [0.5, 0.6) is 0 Å². The minimum absolute atomic E-state index is 0. The van der Waals surface area contributed by atoms with Gasteiger partial charge < -0.3 is 0 Å². The van der Waals surface area contributed by atoms with Crippen LogP contribution in [-0.4, -0.2) is 0 Å². The lowest BCUT2D eigenvalue weighted by Gasteiger charge is -1.72. The first kappa shape index (κ1) is 36.0. The van der Waals surface area contributed by atoms with Crippen molar-refractivity contribution in [2.45, 2.75) is 68.2 Å². The Morgan fingerprint density at radius 3 is 0.833 bits per heavy atom. The monoisotopic (exact) mass is 256 g/mol. The molecule has 0 fully saturated rings. The summed E-state index contributed by atoms with van der Waals surface area (Å²) in [6, 6.07) is 0. The molecule has 0 unspecified atom stereocenters. The molecule has 0 saturated heterocycles. The van der Waals surface area contributed by atoms with Crippen LogP contribution >= 0.6 is 0 Å². The Morgan fingerprint density at radius 2 is 0.778 bits per heavy atom. The van der Waals surface area contributed by atoms with Gasteiger partial charge in [-0.2, -0.15) is 0 Å². The molecule has 0 aliphatic heterocycles. The first-order valence-electron chi connectivity index (χ1n) is 6.11. The van der Waals surface area contributed by atoms with Crippen molar-refractivity contribution in [3.8, 4) is 0 Å². The quantitative estimate of drug-likeness (QED) is 0.454. The predicted octanol–water partition coefficient (Wildman–Crippen LogP) is 7.60.